The fourth-order valence-corrected chi connectivity index (χ4v) is 5.75. The van der Waals surface area contributed by atoms with Crippen LogP contribution < -0.4 is 11.1 Å². The molecule has 1 aliphatic heterocycles. The number of fused-ring (bicyclic) bond motifs is 1. The van der Waals surface area contributed by atoms with Gasteiger partial charge >= 0.3 is 5.97 Å². The van der Waals surface area contributed by atoms with Crippen molar-refractivity contribution in [3.63, 3.8) is 0 Å². The molecule has 3 aromatic rings. The molecule has 1 aliphatic rings. The number of aromatic nitrogens is 1. The van der Waals surface area contributed by atoms with Crippen LogP contribution in [0.5, 0.6) is 0 Å². The molecule has 1 fully saturated rings. The molecule has 0 bridgehead atoms. The number of nitrogens with zero attached hydrogens (tertiary/aromatic N) is 3. The van der Waals surface area contributed by atoms with Crippen LogP contribution in [-0.4, -0.2) is 82.8 Å². The average Bonchev–Trinajstić information content (AvgIpc) is 3.46. The smallest absolute Gasteiger partial charge is 0.329 e. The molecule has 1 saturated heterocycles. The van der Waals surface area contributed by atoms with E-state index in [9.17, 15) is 14.4 Å². The molecule has 1 aromatic heterocycles. The number of esters is 1. The zero-order valence-electron chi connectivity index (χ0n) is 23.9. The minimum absolute atomic E-state index is 0. The Morgan fingerprint density at radius 1 is 1.14 bits per heavy atom. The maximum Gasteiger partial charge on any atom is 0.329 e. The summed E-state index contributed by atoms with van der Waals surface area (Å²) in [4.78, 5) is 47.0. The van der Waals surface area contributed by atoms with Crippen molar-refractivity contribution >= 4 is 52.7 Å². The molecule has 11 heteroatoms. The Balaban J connectivity index is 0.00000484. The second kappa shape index (κ2) is 17.1. The lowest BCUT2D eigenvalue weighted by atomic mass is 10.0. The monoisotopic (exact) mass is 613 g/mol. The van der Waals surface area contributed by atoms with Crippen molar-refractivity contribution in [2.75, 3.05) is 38.2 Å². The largest absolute Gasteiger partial charge is 0.458 e. The van der Waals surface area contributed by atoms with Crippen LogP contribution in [0, 0.1) is 0 Å². The third-order valence-corrected chi connectivity index (χ3v) is 7.94. The first-order chi connectivity index (χ1) is 20.0. The van der Waals surface area contributed by atoms with Crippen molar-refractivity contribution in [3.05, 3.63) is 78.1 Å². The molecule has 226 valence electrons. The topological polar surface area (TPSA) is 118 Å². The standard InChI is InChI=1S/C31H39N5O4S.ClH/c1-41-17-14-28(31(39)40-22-25-11-4-5-15-33-25)34-29(37)21-35(20-26-12-7-16-36(26)30(38)18-32)19-24-10-6-9-23-8-2-3-13-27(23)24;/h2-6,8-11,13,15,26,28H,7,12,14,16-22,32H2,1H3,(H,34,37);1H/t26-,28-;/m0./s1. The van der Waals surface area contributed by atoms with Gasteiger partial charge in [0.25, 0.3) is 0 Å². The molecular formula is C31H40ClN5O4S. The Kier molecular flexibility index (Phi) is 13.5. The summed E-state index contributed by atoms with van der Waals surface area (Å²) in [6, 6.07) is 19.0. The van der Waals surface area contributed by atoms with Gasteiger partial charge in [-0.1, -0.05) is 48.5 Å². The summed E-state index contributed by atoms with van der Waals surface area (Å²) in [6.45, 7) is 1.82. The average molecular weight is 614 g/mol. The van der Waals surface area contributed by atoms with E-state index >= 15 is 0 Å². The Bertz CT molecular complexity index is 1310. The van der Waals surface area contributed by atoms with E-state index in [0.717, 1.165) is 29.2 Å². The number of benzene rings is 2. The van der Waals surface area contributed by atoms with Gasteiger partial charge in [-0.3, -0.25) is 19.5 Å². The third-order valence-electron chi connectivity index (χ3n) is 7.30. The number of carbonyl (C=O) groups is 3. The normalized spacial score (nSPS) is 15.3. The second-order valence-corrected chi connectivity index (χ2v) is 11.2. The van der Waals surface area contributed by atoms with Gasteiger partial charge in [-0.2, -0.15) is 11.8 Å². The van der Waals surface area contributed by atoms with Crippen LogP contribution in [0.25, 0.3) is 10.8 Å². The summed E-state index contributed by atoms with van der Waals surface area (Å²) in [7, 11) is 0. The van der Waals surface area contributed by atoms with E-state index in [-0.39, 0.29) is 50.0 Å². The summed E-state index contributed by atoms with van der Waals surface area (Å²) in [5.41, 5.74) is 7.42. The van der Waals surface area contributed by atoms with Crippen molar-refractivity contribution in [2.45, 2.75) is 44.5 Å². The molecule has 0 spiro atoms. The molecule has 9 nitrogen and oxygen atoms in total. The van der Waals surface area contributed by atoms with Crippen LogP contribution >= 0.6 is 24.2 Å². The van der Waals surface area contributed by atoms with E-state index in [0.29, 0.717) is 37.5 Å². The first-order valence-electron chi connectivity index (χ1n) is 14.0. The minimum Gasteiger partial charge on any atom is -0.458 e. The van der Waals surface area contributed by atoms with Gasteiger partial charge in [0.2, 0.25) is 11.8 Å². The molecule has 4 rings (SSSR count). The number of hydrogen-bond acceptors (Lipinski definition) is 8. The molecule has 2 heterocycles. The predicted molar refractivity (Wildman–Crippen MR) is 169 cm³/mol. The fraction of sp³-hybridized carbons (Fsp3) is 0.419. The molecule has 0 aliphatic carbocycles. The third kappa shape index (κ3) is 9.42. The second-order valence-electron chi connectivity index (χ2n) is 10.2. The molecule has 2 amide bonds. The quantitative estimate of drug-likeness (QED) is 0.266. The first-order valence-corrected chi connectivity index (χ1v) is 15.4. The molecule has 42 heavy (non-hydrogen) atoms. The number of likely N-dealkylation sites (tertiary alicyclic amines) is 1. The summed E-state index contributed by atoms with van der Waals surface area (Å²) < 4.78 is 5.50. The molecule has 2 atom stereocenters. The van der Waals surface area contributed by atoms with E-state index in [4.69, 9.17) is 10.5 Å². The van der Waals surface area contributed by atoms with Crippen LogP contribution in [0.2, 0.25) is 0 Å². The van der Waals surface area contributed by atoms with Crippen LogP contribution in [0.1, 0.15) is 30.5 Å². The number of rotatable bonds is 14. The predicted octanol–water partition coefficient (Wildman–Crippen LogP) is 3.39. The van der Waals surface area contributed by atoms with Crippen LogP contribution in [-0.2, 0) is 32.3 Å². The van der Waals surface area contributed by atoms with Gasteiger partial charge in [0.05, 0.1) is 18.8 Å². The highest BCUT2D eigenvalue weighted by Gasteiger charge is 2.31. The number of halogens is 1. The van der Waals surface area contributed by atoms with Crippen LogP contribution in [0.3, 0.4) is 0 Å². The van der Waals surface area contributed by atoms with Crippen molar-refractivity contribution in [1.82, 2.24) is 20.1 Å². The Labute approximate surface area is 258 Å². The molecular weight excluding hydrogens is 574 g/mol. The number of pyridine rings is 1. The lowest BCUT2D eigenvalue weighted by Gasteiger charge is -2.31. The van der Waals surface area contributed by atoms with Crippen molar-refractivity contribution in [2.24, 2.45) is 5.73 Å². The molecule has 0 saturated carbocycles. The maximum absolute atomic E-state index is 13.4. The lowest BCUT2D eigenvalue weighted by Crippen LogP contribution is -2.49. The number of thioether (sulfide) groups is 1. The van der Waals surface area contributed by atoms with Gasteiger partial charge in [-0.25, -0.2) is 4.79 Å². The van der Waals surface area contributed by atoms with Crippen molar-refractivity contribution < 1.29 is 19.1 Å². The molecule has 3 N–H and O–H groups in total. The number of ether oxygens (including phenoxy) is 1. The van der Waals surface area contributed by atoms with Gasteiger partial charge in [0, 0.05) is 31.9 Å². The van der Waals surface area contributed by atoms with E-state index in [1.54, 1.807) is 30.1 Å². The van der Waals surface area contributed by atoms with Gasteiger partial charge in [0.15, 0.2) is 0 Å². The fourth-order valence-electron chi connectivity index (χ4n) is 5.28. The SMILES string of the molecule is CSCC[C@H](NC(=O)CN(Cc1cccc2ccccc12)C[C@@H]1CCCN1C(=O)CN)C(=O)OCc1ccccn1.Cl. The number of hydrogen-bond donors (Lipinski definition) is 2. The number of nitrogens with one attached hydrogen (secondary N) is 1. The Morgan fingerprint density at radius 3 is 2.69 bits per heavy atom. The zero-order valence-corrected chi connectivity index (χ0v) is 25.6. The van der Waals surface area contributed by atoms with E-state index in [1.165, 1.54) is 0 Å². The van der Waals surface area contributed by atoms with E-state index in [2.05, 4.69) is 39.5 Å². The lowest BCUT2D eigenvalue weighted by molar-refractivity contribution is -0.149. The van der Waals surface area contributed by atoms with Crippen molar-refractivity contribution in [3.8, 4) is 0 Å². The molecule has 0 radical (unpaired) electrons. The maximum atomic E-state index is 13.4. The van der Waals surface area contributed by atoms with E-state index in [1.807, 2.05) is 35.4 Å². The van der Waals surface area contributed by atoms with Crippen LogP contribution in [0.4, 0.5) is 0 Å². The number of carbonyl (C=O) groups excluding carboxylic acids is 3. The summed E-state index contributed by atoms with van der Waals surface area (Å²) in [5.74, 6) is -0.119. The Morgan fingerprint density at radius 2 is 1.93 bits per heavy atom. The Hall–Kier alpha value is -3.18. The van der Waals surface area contributed by atoms with Crippen molar-refractivity contribution in [1.29, 1.82) is 0 Å². The summed E-state index contributed by atoms with van der Waals surface area (Å²) >= 11 is 1.60. The van der Waals surface area contributed by atoms with Gasteiger partial charge < -0.3 is 20.7 Å². The van der Waals surface area contributed by atoms with Crippen LogP contribution in [0.15, 0.2) is 66.9 Å². The van der Waals surface area contributed by atoms with Gasteiger partial charge in [-0.15, -0.1) is 12.4 Å². The summed E-state index contributed by atoms with van der Waals surface area (Å²) in [5, 5.41) is 5.17. The van der Waals surface area contributed by atoms with E-state index < -0.39 is 12.0 Å². The highest BCUT2D eigenvalue weighted by molar-refractivity contribution is 7.98. The minimum atomic E-state index is -0.764. The van der Waals surface area contributed by atoms with Gasteiger partial charge in [-0.05, 0) is 59.7 Å². The first kappa shape index (κ1) is 33.3. The van der Waals surface area contributed by atoms with Gasteiger partial charge in [0.1, 0.15) is 12.6 Å². The highest BCUT2D eigenvalue weighted by Crippen LogP contribution is 2.23. The molecule has 0 unspecified atom stereocenters. The zero-order chi connectivity index (χ0) is 29.0. The highest BCUT2D eigenvalue weighted by atomic mass is 35.5. The number of nitrogens with two attached hydrogens (primary N) is 1. The summed E-state index contributed by atoms with van der Waals surface area (Å²) in [6.07, 6.45) is 5.82. The number of amides is 2. The molecule has 2 aromatic carbocycles.